The minimum Gasteiger partial charge on any atom is -0.494 e. The van der Waals surface area contributed by atoms with E-state index < -0.39 is 0 Å². The summed E-state index contributed by atoms with van der Waals surface area (Å²) in [4.78, 5) is 16.5. The van der Waals surface area contributed by atoms with Crippen LogP contribution in [0.25, 0.3) is 11.0 Å². The molecular formula is C25H33N3O2. The summed E-state index contributed by atoms with van der Waals surface area (Å²) in [7, 11) is 0. The number of ether oxygens (including phenoxy) is 1. The number of carbonyl (C=O) groups excluding carboxylic acids is 1. The second-order valence-corrected chi connectivity index (χ2v) is 7.90. The Kier molecular flexibility index (Phi) is 7.89. The van der Waals surface area contributed by atoms with Gasteiger partial charge in [0, 0.05) is 25.9 Å². The SMILES string of the molecule is CCCC(=O)NCCCc1nc2ccccc2n1CCCOc1cc(C)cc(C)c1. The fourth-order valence-electron chi connectivity index (χ4n) is 3.78. The first-order valence-electron chi connectivity index (χ1n) is 11.0. The summed E-state index contributed by atoms with van der Waals surface area (Å²) in [6.07, 6.45) is 4.12. The normalized spacial score (nSPS) is 11.0. The molecule has 1 amide bonds. The van der Waals surface area contributed by atoms with Gasteiger partial charge >= 0.3 is 0 Å². The van der Waals surface area contributed by atoms with Crippen LogP contribution in [0.4, 0.5) is 0 Å². The second kappa shape index (κ2) is 10.8. The number of amides is 1. The molecule has 1 N–H and O–H groups in total. The van der Waals surface area contributed by atoms with Gasteiger partial charge in [0.05, 0.1) is 17.6 Å². The van der Waals surface area contributed by atoms with E-state index in [0.29, 0.717) is 19.6 Å². The minimum absolute atomic E-state index is 0.134. The Hall–Kier alpha value is -2.82. The van der Waals surface area contributed by atoms with Crippen molar-refractivity contribution in [3.63, 3.8) is 0 Å². The zero-order valence-electron chi connectivity index (χ0n) is 18.4. The highest BCUT2D eigenvalue weighted by Crippen LogP contribution is 2.19. The predicted octanol–water partition coefficient (Wildman–Crippen LogP) is 4.97. The molecule has 3 aromatic rings. The first-order valence-corrected chi connectivity index (χ1v) is 11.0. The number of carbonyl (C=O) groups is 1. The van der Waals surface area contributed by atoms with Crippen molar-refractivity contribution >= 4 is 16.9 Å². The molecule has 3 rings (SSSR count). The summed E-state index contributed by atoms with van der Waals surface area (Å²) in [5.41, 5.74) is 4.63. The Balaban J connectivity index is 1.58. The molecule has 5 nitrogen and oxygen atoms in total. The van der Waals surface area contributed by atoms with Crippen LogP contribution in [0, 0.1) is 13.8 Å². The number of nitrogens with zero attached hydrogens (tertiary/aromatic N) is 2. The molecule has 0 atom stereocenters. The van der Waals surface area contributed by atoms with Gasteiger partial charge in [-0.2, -0.15) is 0 Å². The van der Waals surface area contributed by atoms with Crippen LogP contribution in [-0.2, 0) is 17.8 Å². The van der Waals surface area contributed by atoms with E-state index in [1.807, 2.05) is 13.0 Å². The largest absolute Gasteiger partial charge is 0.494 e. The Morgan fingerprint density at radius 1 is 1.10 bits per heavy atom. The molecule has 1 aromatic heterocycles. The van der Waals surface area contributed by atoms with E-state index in [0.717, 1.165) is 54.8 Å². The van der Waals surface area contributed by atoms with Crippen molar-refractivity contribution in [2.45, 2.75) is 59.4 Å². The molecule has 0 saturated carbocycles. The Bertz CT molecular complexity index is 957. The summed E-state index contributed by atoms with van der Waals surface area (Å²) >= 11 is 0. The maximum atomic E-state index is 11.6. The second-order valence-electron chi connectivity index (χ2n) is 7.90. The van der Waals surface area contributed by atoms with Gasteiger partial charge in [-0.1, -0.05) is 25.1 Å². The number of rotatable bonds is 11. The fraction of sp³-hybridized carbons (Fsp3) is 0.440. The lowest BCUT2D eigenvalue weighted by atomic mass is 10.1. The maximum Gasteiger partial charge on any atom is 0.219 e. The Morgan fingerprint density at radius 3 is 2.63 bits per heavy atom. The molecule has 0 fully saturated rings. The molecule has 5 heteroatoms. The van der Waals surface area contributed by atoms with Gasteiger partial charge < -0.3 is 14.6 Å². The Labute approximate surface area is 179 Å². The molecule has 0 spiro atoms. The van der Waals surface area contributed by atoms with Gasteiger partial charge in [0.2, 0.25) is 5.91 Å². The van der Waals surface area contributed by atoms with E-state index in [9.17, 15) is 4.79 Å². The average molecular weight is 408 g/mol. The number of aryl methyl sites for hydroxylation is 4. The van der Waals surface area contributed by atoms with Crippen molar-refractivity contribution in [2.24, 2.45) is 0 Å². The number of hydrogen-bond donors (Lipinski definition) is 1. The lowest BCUT2D eigenvalue weighted by Crippen LogP contribution is -2.24. The molecule has 0 aliphatic rings. The van der Waals surface area contributed by atoms with Gasteiger partial charge in [-0.25, -0.2) is 4.98 Å². The van der Waals surface area contributed by atoms with Gasteiger partial charge in [-0.3, -0.25) is 4.79 Å². The summed E-state index contributed by atoms with van der Waals surface area (Å²) in [5.74, 6) is 2.15. The van der Waals surface area contributed by atoms with E-state index in [1.54, 1.807) is 0 Å². The van der Waals surface area contributed by atoms with E-state index in [4.69, 9.17) is 9.72 Å². The lowest BCUT2D eigenvalue weighted by molar-refractivity contribution is -0.121. The Morgan fingerprint density at radius 2 is 1.87 bits per heavy atom. The zero-order chi connectivity index (χ0) is 21.3. The van der Waals surface area contributed by atoms with Crippen LogP contribution < -0.4 is 10.1 Å². The highest BCUT2D eigenvalue weighted by molar-refractivity contribution is 5.76. The number of imidazole rings is 1. The number of hydrogen-bond acceptors (Lipinski definition) is 3. The van der Waals surface area contributed by atoms with E-state index in [-0.39, 0.29) is 5.91 Å². The number of aromatic nitrogens is 2. The molecule has 0 bridgehead atoms. The van der Waals surface area contributed by atoms with Gasteiger partial charge in [0.15, 0.2) is 0 Å². The van der Waals surface area contributed by atoms with Crippen molar-refractivity contribution in [1.82, 2.24) is 14.9 Å². The smallest absolute Gasteiger partial charge is 0.219 e. The van der Waals surface area contributed by atoms with Crippen molar-refractivity contribution in [2.75, 3.05) is 13.2 Å². The van der Waals surface area contributed by atoms with Crippen molar-refractivity contribution in [1.29, 1.82) is 0 Å². The topological polar surface area (TPSA) is 56.2 Å². The van der Waals surface area contributed by atoms with E-state index >= 15 is 0 Å². The molecule has 0 aliphatic heterocycles. The van der Waals surface area contributed by atoms with Crippen molar-refractivity contribution in [3.8, 4) is 5.75 Å². The van der Waals surface area contributed by atoms with Crippen LogP contribution in [0.3, 0.4) is 0 Å². The molecule has 30 heavy (non-hydrogen) atoms. The molecule has 160 valence electrons. The molecule has 1 heterocycles. The van der Waals surface area contributed by atoms with Crippen LogP contribution in [-0.4, -0.2) is 28.6 Å². The minimum atomic E-state index is 0.134. The highest BCUT2D eigenvalue weighted by atomic mass is 16.5. The molecule has 0 unspecified atom stereocenters. The van der Waals surface area contributed by atoms with Crippen LogP contribution in [0.5, 0.6) is 5.75 Å². The number of benzene rings is 2. The maximum absolute atomic E-state index is 11.6. The number of fused-ring (bicyclic) bond motifs is 1. The van der Waals surface area contributed by atoms with Crippen LogP contribution in [0.2, 0.25) is 0 Å². The third-order valence-electron chi connectivity index (χ3n) is 5.10. The molecule has 2 aromatic carbocycles. The van der Waals surface area contributed by atoms with Crippen LogP contribution in [0.1, 0.15) is 49.6 Å². The quantitative estimate of drug-likeness (QED) is 0.457. The van der Waals surface area contributed by atoms with Gasteiger partial charge in [-0.05, 0) is 68.5 Å². The van der Waals surface area contributed by atoms with Gasteiger partial charge in [-0.15, -0.1) is 0 Å². The van der Waals surface area contributed by atoms with Crippen LogP contribution in [0.15, 0.2) is 42.5 Å². The highest BCUT2D eigenvalue weighted by Gasteiger charge is 2.10. The number of nitrogens with one attached hydrogen (secondary N) is 1. The predicted molar refractivity (Wildman–Crippen MR) is 122 cm³/mol. The number of para-hydroxylation sites is 2. The summed E-state index contributed by atoms with van der Waals surface area (Å²) in [6.45, 7) is 8.43. The summed E-state index contributed by atoms with van der Waals surface area (Å²) in [5, 5.41) is 2.99. The monoisotopic (exact) mass is 407 g/mol. The molecular weight excluding hydrogens is 374 g/mol. The average Bonchev–Trinajstić information content (AvgIpc) is 3.05. The summed E-state index contributed by atoms with van der Waals surface area (Å²) < 4.78 is 8.28. The molecule has 0 radical (unpaired) electrons. The van der Waals surface area contributed by atoms with Crippen LogP contribution >= 0.6 is 0 Å². The third kappa shape index (κ3) is 6.09. The van der Waals surface area contributed by atoms with E-state index in [2.05, 4.69) is 60.1 Å². The third-order valence-corrected chi connectivity index (χ3v) is 5.10. The zero-order valence-corrected chi connectivity index (χ0v) is 18.4. The fourth-order valence-corrected chi connectivity index (χ4v) is 3.78. The lowest BCUT2D eigenvalue weighted by Gasteiger charge is -2.11. The van der Waals surface area contributed by atoms with E-state index in [1.165, 1.54) is 11.1 Å². The van der Waals surface area contributed by atoms with Crippen molar-refractivity contribution < 1.29 is 9.53 Å². The standard InChI is InChI=1S/C25H33N3O2/c1-4-9-25(29)26-13-7-12-24-27-22-10-5-6-11-23(22)28(24)14-8-15-30-21-17-19(2)16-20(3)18-21/h5-6,10-11,16-18H,4,7-9,12-15H2,1-3H3,(H,26,29). The van der Waals surface area contributed by atoms with Crippen molar-refractivity contribution in [3.05, 3.63) is 59.4 Å². The van der Waals surface area contributed by atoms with Gasteiger partial charge in [0.1, 0.15) is 11.6 Å². The molecule has 0 aliphatic carbocycles. The van der Waals surface area contributed by atoms with Gasteiger partial charge in [0.25, 0.3) is 0 Å². The first-order chi connectivity index (χ1) is 14.6. The first kappa shape index (κ1) is 21.9. The summed E-state index contributed by atoms with van der Waals surface area (Å²) in [6, 6.07) is 14.6. The molecule has 0 saturated heterocycles.